The molecule has 2 amide bonds. The number of hydrogen-bond acceptors (Lipinski definition) is 6. The Morgan fingerprint density at radius 1 is 1.56 bits per heavy atom. The number of carboxylic acid groups (broad SMARTS) is 1. The molecule has 1 aromatic rings. The SMILES string of the molecule is O=C(NCc1nn[nH]n1)NC1(C(=O)O)CCOC1. The lowest BCUT2D eigenvalue weighted by Gasteiger charge is -2.23. The first-order valence-electron chi connectivity index (χ1n) is 5.22. The number of aromatic nitrogens is 4. The van der Waals surface area contributed by atoms with Crippen LogP contribution in [-0.4, -0.2) is 56.5 Å². The van der Waals surface area contributed by atoms with E-state index < -0.39 is 17.5 Å². The average molecular weight is 256 g/mol. The van der Waals surface area contributed by atoms with Crippen LogP contribution in [0.3, 0.4) is 0 Å². The molecule has 0 spiro atoms. The first-order chi connectivity index (χ1) is 8.62. The first-order valence-corrected chi connectivity index (χ1v) is 5.22. The lowest BCUT2D eigenvalue weighted by Crippen LogP contribution is -2.57. The molecular formula is C8H12N6O4. The maximum Gasteiger partial charge on any atom is 0.332 e. The minimum Gasteiger partial charge on any atom is -0.479 e. The van der Waals surface area contributed by atoms with Gasteiger partial charge in [0.2, 0.25) is 0 Å². The van der Waals surface area contributed by atoms with E-state index in [0.29, 0.717) is 12.4 Å². The number of tetrazole rings is 1. The van der Waals surface area contributed by atoms with Crippen LogP contribution in [0.4, 0.5) is 4.79 Å². The zero-order chi connectivity index (χ0) is 13.0. The molecule has 1 fully saturated rings. The van der Waals surface area contributed by atoms with Gasteiger partial charge in [-0.15, -0.1) is 10.2 Å². The number of carbonyl (C=O) groups excluding carboxylic acids is 1. The van der Waals surface area contributed by atoms with Crippen molar-refractivity contribution in [3.63, 3.8) is 0 Å². The van der Waals surface area contributed by atoms with E-state index in [2.05, 4.69) is 31.3 Å². The molecule has 0 radical (unpaired) electrons. The number of nitrogens with zero attached hydrogens (tertiary/aromatic N) is 3. The molecule has 1 unspecified atom stereocenters. The zero-order valence-electron chi connectivity index (χ0n) is 9.34. The summed E-state index contributed by atoms with van der Waals surface area (Å²) < 4.78 is 5.01. The number of ether oxygens (including phenoxy) is 1. The first kappa shape index (κ1) is 12.2. The summed E-state index contributed by atoms with van der Waals surface area (Å²) in [5.74, 6) is -0.813. The van der Waals surface area contributed by atoms with Gasteiger partial charge >= 0.3 is 12.0 Å². The van der Waals surface area contributed by atoms with Gasteiger partial charge in [-0.05, 0) is 0 Å². The molecule has 1 aliphatic rings. The quantitative estimate of drug-likeness (QED) is 0.500. The van der Waals surface area contributed by atoms with E-state index in [0.717, 1.165) is 0 Å². The second-order valence-electron chi connectivity index (χ2n) is 3.83. The van der Waals surface area contributed by atoms with E-state index in [1.165, 1.54) is 0 Å². The fourth-order valence-electron chi connectivity index (χ4n) is 1.56. The highest BCUT2D eigenvalue weighted by Gasteiger charge is 2.43. The average Bonchev–Trinajstić information content (AvgIpc) is 2.97. The molecule has 2 rings (SSSR count). The molecule has 10 nitrogen and oxygen atoms in total. The van der Waals surface area contributed by atoms with Crippen molar-refractivity contribution in [3.05, 3.63) is 5.82 Å². The number of aliphatic carboxylic acids is 1. The molecule has 2 heterocycles. The lowest BCUT2D eigenvalue weighted by molar-refractivity contribution is -0.144. The number of urea groups is 1. The summed E-state index contributed by atoms with van der Waals surface area (Å²) in [6.45, 7) is 0.314. The molecule has 1 atom stereocenters. The third kappa shape index (κ3) is 2.53. The molecule has 98 valence electrons. The van der Waals surface area contributed by atoms with Crippen LogP contribution in [0.5, 0.6) is 0 Å². The van der Waals surface area contributed by atoms with Gasteiger partial charge in [0.1, 0.15) is 0 Å². The minimum atomic E-state index is -1.36. The number of amides is 2. The van der Waals surface area contributed by atoms with Gasteiger partial charge in [0.05, 0.1) is 13.2 Å². The number of nitrogens with one attached hydrogen (secondary N) is 3. The number of carboxylic acids is 1. The monoisotopic (exact) mass is 256 g/mol. The summed E-state index contributed by atoms with van der Waals surface area (Å²) >= 11 is 0. The normalized spacial score (nSPS) is 22.7. The molecule has 18 heavy (non-hydrogen) atoms. The van der Waals surface area contributed by atoms with Crippen molar-refractivity contribution in [2.45, 2.75) is 18.5 Å². The van der Waals surface area contributed by atoms with Gasteiger partial charge < -0.3 is 20.5 Å². The largest absolute Gasteiger partial charge is 0.479 e. The minimum absolute atomic E-state index is 0.0437. The molecule has 1 saturated heterocycles. The fourth-order valence-corrected chi connectivity index (χ4v) is 1.56. The third-order valence-corrected chi connectivity index (χ3v) is 2.58. The van der Waals surface area contributed by atoms with E-state index in [-0.39, 0.29) is 19.6 Å². The Bertz CT molecular complexity index is 427. The van der Waals surface area contributed by atoms with Gasteiger partial charge in [-0.1, -0.05) is 5.21 Å². The molecule has 4 N–H and O–H groups in total. The summed E-state index contributed by atoms with van der Waals surface area (Å²) in [7, 11) is 0. The Hall–Kier alpha value is -2.23. The highest BCUT2D eigenvalue weighted by Crippen LogP contribution is 2.18. The highest BCUT2D eigenvalue weighted by molar-refractivity contribution is 5.86. The van der Waals surface area contributed by atoms with Crippen LogP contribution < -0.4 is 10.6 Å². The smallest absolute Gasteiger partial charge is 0.332 e. The number of H-pyrrole nitrogens is 1. The fraction of sp³-hybridized carbons (Fsp3) is 0.625. The number of carbonyl (C=O) groups is 2. The van der Waals surface area contributed by atoms with Crippen molar-refractivity contribution < 1.29 is 19.4 Å². The molecule has 0 aliphatic carbocycles. The Balaban J connectivity index is 1.88. The van der Waals surface area contributed by atoms with Crippen molar-refractivity contribution in [1.29, 1.82) is 0 Å². The van der Waals surface area contributed by atoms with E-state index >= 15 is 0 Å². The standard InChI is InChI=1S/C8H12N6O4/c15-6(16)8(1-2-18-4-8)10-7(17)9-3-5-11-13-14-12-5/h1-4H2,(H,15,16)(H2,9,10,17)(H,11,12,13,14). The number of hydrogen-bond donors (Lipinski definition) is 4. The van der Waals surface area contributed by atoms with Gasteiger partial charge in [-0.25, -0.2) is 9.59 Å². The van der Waals surface area contributed by atoms with E-state index in [9.17, 15) is 9.59 Å². The third-order valence-electron chi connectivity index (χ3n) is 2.58. The van der Waals surface area contributed by atoms with E-state index in [1.54, 1.807) is 0 Å². The van der Waals surface area contributed by atoms with Gasteiger partial charge in [-0.3, -0.25) is 0 Å². The van der Waals surface area contributed by atoms with Gasteiger partial charge in [-0.2, -0.15) is 5.21 Å². The maximum absolute atomic E-state index is 11.6. The van der Waals surface area contributed by atoms with Crippen LogP contribution in [0.25, 0.3) is 0 Å². The van der Waals surface area contributed by atoms with Crippen molar-refractivity contribution in [3.8, 4) is 0 Å². The maximum atomic E-state index is 11.6. The topological polar surface area (TPSA) is 142 Å². The van der Waals surface area contributed by atoms with Crippen molar-refractivity contribution in [2.24, 2.45) is 0 Å². The summed E-state index contributed by atoms with van der Waals surface area (Å²) in [6, 6.07) is -0.618. The predicted molar refractivity (Wildman–Crippen MR) is 55.4 cm³/mol. The molecular weight excluding hydrogens is 244 g/mol. The Labute approximate surface area is 101 Å². The van der Waals surface area contributed by atoms with Crippen LogP contribution in [0, 0.1) is 0 Å². The van der Waals surface area contributed by atoms with Crippen LogP contribution in [0.2, 0.25) is 0 Å². The molecule has 1 aliphatic heterocycles. The molecule has 0 saturated carbocycles. The molecule has 1 aromatic heterocycles. The van der Waals surface area contributed by atoms with Crippen molar-refractivity contribution >= 4 is 12.0 Å². The molecule has 0 aromatic carbocycles. The van der Waals surface area contributed by atoms with Crippen LogP contribution in [-0.2, 0) is 16.1 Å². The zero-order valence-corrected chi connectivity index (χ0v) is 9.34. The van der Waals surface area contributed by atoms with Gasteiger partial charge in [0.25, 0.3) is 0 Å². The second-order valence-corrected chi connectivity index (χ2v) is 3.83. The Morgan fingerprint density at radius 3 is 2.94 bits per heavy atom. The second kappa shape index (κ2) is 4.96. The summed E-state index contributed by atoms with van der Waals surface area (Å²) in [4.78, 5) is 22.7. The molecule has 0 bridgehead atoms. The highest BCUT2D eigenvalue weighted by atomic mass is 16.5. The van der Waals surface area contributed by atoms with Crippen LogP contribution in [0.15, 0.2) is 0 Å². The summed E-state index contributed by atoms with van der Waals surface area (Å²) in [6.07, 6.45) is 0.234. The van der Waals surface area contributed by atoms with Crippen LogP contribution in [0.1, 0.15) is 12.2 Å². The molecule has 10 heteroatoms. The Morgan fingerprint density at radius 2 is 2.39 bits per heavy atom. The predicted octanol–water partition coefficient (Wildman–Crippen LogP) is -1.76. The van der Waals surface area contributed by atoms with E-state index in [1.807, 2.05) is 0 Å². The van der Waals surface area contributed by atoms with Crippen molar-refractivity contribution in [2.75, 3.05) is 13.2 Å². The number of rotatable bonds is 4. The van der Waals surface area contributed by atoms with Crippen LogP contribution >= 0.6 is 0 Å². The summed E-state index contributed by atoms with van der Waals surface area (Å²) in [5, 5.41) is 26.8. The lowest BCUT2D eigenvalue weighted by atomic mass is 9.99. The Kier molecular flexibility index (Phi) is 3.37. The van der Waals surface area contributed by atoms with Gasteiger partial charge in [0, 0.05) is 13.0 Å². The number of aromatic amines is 1. The van der Waals surface area contributed by atoms with Crippen molar-refractivity contribution in [1.82, 2.24) is 31.3 Å². The van der Waals surface area contributed by atoms with Gasteiger partial charge in [0.15, 0.2) is 11.4 Å². The van der Waals surface area contributed by atoms with E-state index in [4.69, 9.17) is 9.84 Å². The summed E-state index contributed by atoms with van der Waals surface area (Å²) in [5.41, 5.74) is -1.36.